The molecule has 0 fully saturated rings. The van der Waals surface area contributed by atoms with Gasteiger partial charge in [-0.05, 0) is 63.6 Å². The molecule has 1 unspecified atom stereocenters. The number of fused-ring (bicyclic) bond motifs is 1. The Bertz CT molecular complexity index is 1390. The molecule has 0 aliphatic rings. The molecular formula is C25H23N3O4. The third-order valence-electron chi connectivity index (χ3n) is 5.37. The summed E-state index contributed by atoms with van der Waals surface area (Å²) in [6, 6.07) is 12.3. The number of aromatic carboxylic acids is 1. The van der Waals surface area contributed by atoms with Gasteiger partial charge < -0.3 is 14.8 Å². The number of nitrogens with one attached hydrogen (secondary N) is 1. The highest BCUT2D eigenvalue weighted by molar-refractivity contribution is 5.92. The zero-order chi connectivity index (χ0) is 23.0. The molecule has 0 bridgehead atoms. The van der Waals surface area contributed by atoms with Crippen molar-refractivity contribution in [1.29, 1.82) is 0 Å². The number of carboxylic acid groups (broad SMARTS) is 1. The number of aryl methyl sites for hydroxylation is 2. The van der Waals surface area contributed by atoms with E-state index in [0.717, 1.165) is 11.1 Å². The van der Waals surface area contributed by atoms with Crippen molar-refractivity contribution >= 4 is 22.6 Å². The number of benzene rings is 1. The number of carboxylic acids is 1. The maximum absolute atomic E-state index is 13.2. The molecular weight excluding hydrogens is 406 g/mol. The Morgan fingerprint density at radius 2 is 1.91 bits per heavy atom. The van der Waals surface area contributed by atoms with Crippen LogP contribution in [0.25, 0.3) is 22.4 Å². The van der Waals surface area contributed by atoms with Crippen LogP contribution in [-0.4, -0.2) is 21.0 Å². The quantitative estimate of drug-likeness (QED) is 0.457. The number of anilines is 1. The van der Waals surface area contributed by atoms with Crippen molar-refractivity contribution in [3.05, 3.63) is 87.0 Å². The van der Waals surface area contributed by atoms with E-state index in [-0.39, 0.29) is 17.2 Å². The van der Waals surface area contributed by atoms with Gasteiger partial charge in [0.1, 0.15) is 11.3 Å². The number of aromatic nitrogens is 2. The van der Waals surface area contributed by atoms with E-state index in [2.05, 4.69) is 15.3 Å². The predicted octanol–water partition coefficient (Wildman–Crippen LogP) is 5.05. The zero-order valence-corrected chi connectivity index (χ0v) is 18.3. The largest absolute Gasteiger partial charge is 0.476 e. The van der Waals surface area contributed by atoms with Crippen LogP contribution in [0.1, 0.15) is 45.8 Å². The number of hydrogen-bond donors (Lipinski definition) is 2. The van der Waals surface area contributed by atoms with E-state index in [1.807, 2.05) is 32.0 Å². The van der Waals surface area contributed by atoms with E-state index in [1.54, 1.807) is 44.3 Å². The molecule has 4 rings (SSSR count). The van der Waals surface area contributed by atoms with Gasteiger partial charge in [0, 0.05) is 23.0 Å². The second-order valence-corrected chi connectivity index (χ2v) is 7.85. The zero-order valence-electron chi connectivity index (χ0n) is 18.3. The highest BCUT2D eigenvalue weighted by Crippen LogP contribution is 2.32. The molecule has 0 aliphatic carbocycles. The van der Waals surface area contributed by atoms with Crippen molar-refractivity contribution in [3.8, 4) is 11.5 Å². The Morgan fingerprint density at radius 1 is 1.12 bits per heavy atom. The molecule has 162 valence electrons. The second kappa shape index (κ2) is 8.26. The van der Waals surface area contributed by atoms with Crippen LogP contribution in [-0.2, 0) is 0 Å². The highest BCUT2D eigenvalue weighted by atomic mass is 16.4. The van der Waals surface area contributed by atoms with Crippen molar-refractivity contribution < 1.29 is 14.3 Å². The van der Waals surface area contributed by atoms with Crippen LogP contribution in [0.3, 0.4) is 0 Å². The lowest BCUT2D eigenvalue weighted by Crippen LogP contribution is -2.15. The summed E-state index contributed by atoms with van der Waals surface area (Å²) in [7, 11) is 0. The van der Waals surface area contributed by atoms with Gasteiger partial charge in [0.2, 0.25) is 0 Å². The first kappa shape index (κ1) is 21.2. The van der Waals surface area contributed by atoms with Gasteiger partial charge in [0.15, 0.2) is 16.9 Å². The summed E-state index contributed by atoms with van der Waals surface area (Å²) in [5.41, 5.74) is 3.99. The van der Waals surface area contributed by atoms with E-state index >= 15 is 0 Å². The van der Waals surface area contributed by atoms with Gasteiger partial charge in [-0.1, -0.05) is 12.1 Å². The van der Waals surface area contributed by atoms with Crippen LogP contribution in [0.2, 0.25) is 0 Å². The lowest BCUT2D eigenvalue weighted by Gasteiger charge is -2.19. The lowest BCUT2D eigenvalue weighted by atomic mass is 9.99. The standard InChI is InChI=1S/C25H23N3O4/c1-13-11-17(16(4)28-19-9-8-14(2)27-21(19)25(30)31)24-18(12-13)22(29)15(3)23(32-24)20-7-5-6-10-26-20/h5-12,16,28H,1-4H3,(H,30,31). The van der Waals surface area contributed by atoms with Crippen LogP contribution in [0, 0.1) is 20.8 Å². The summed E-state index contributed by atoms with van der Waals surface area (Å²) < 4.78 is 6.27. The summed E-state index contributed by atoms with van der Waals surface area (Å²) >= 11 is 0. The molecule has 7 heteroatoms. The molecule has 0 aliphatic heterocycles. The number of carbonyl (C=O) groups is 1. The molecule has 3 aromatic heterocycles. The van der Waals surface area contributed by atoms with Crippen molar-refractivity contribution in [2.24, 2.45) is 0 Å². The van der Waals surface area contributed by atoms with Crippen LogP contribution in [0.15, 0.2) is 57.9 Å². The van der Waals surface area contributed by atoms with Gasteiger partial charge in [0.05, 0.1) is 17.1 Å². The minimum atomic E-state index is -1.11. The average Bonchev–Trinajstić information content (AvgIpc) is 2.77. The SMILES string of the molecule is Cc1cc(C(C)Nc2ccc(C)nc2C(=O)O)c2oc(-c3ccccn3)c(C)c(=O)c2c1. The summed E-state index contributed by atoms with van der Waals surface area (Å²) in [4.78, 5) is 33.3. The van der Waals surface area contributed by atoms with Crippen molar-refractivity contribution in [2.45, 2.75) is 33.7 Å². The molecule has 7 nitrogen and oxygen atoms in total. The molecule has 32 heavy (non-hydrogen) atoms. The molecule has 1 atom stereocenters. The summed E-state index contributed by atoms with van der Waals surface area (Å²) in [6.45, 7) is 7.27. The fourth-order valence-electron chi connectivity index (χ4n) is 3.78. The fraction of sp³-hybridized carbons (Fsp3) is 0.200. The van der Waals surface area contributed by atoms with Gasteiger partial charge >= 0.3 is 5.97 Å². The minimum absolute atomic E-state index is 0.0553. The van der Waals surface area contributed by atoms with Gasteiger partial charge in [-0.3, -0.25) is 9.78 Å². The molecule has 0 saturated carbocycles. The first-order valence-corrected chi connectivity index (χ1v) is 10.2. The number of hydrogen-bond acceptors (Lipinski definition) is 6. The monoisotopic (exact) mass is 429 g/mol. The molecule has 3 heterocycles. The van der Waals surface area contributed by atoms with Gasteiger partial charge in [-0.15, -0.1) is 0 Å². The number of nitrogens with zero attached hydrogens (tertiary/aromatic N) is 2. The second-order valence-electron chi connectivity index (χ2n) is 7.85. The normalized spacial score (nSPS) is 12.0. The average molecular weight is 429 g/mol. The fourth-order valence-corrected chi connectivity index (χ4v) is 3.78. The molecule has 1 aromatic carbocycles. The third kappa shape index (κ3) is 3.85. The molecule has 0 spiro atoms. The van der Waals surface area contributed by atoms with E-state index < -0.39 is 5.97 Å². The Labute approximate surface area is 184 Å². The molecule has 0 amide bonds. The first-order valence-electron chi connectivity index (χ1n) is 10.2. The molecule has 2 N–H and O–H groups in total. The third-order valence-corrected chi connectivity index (χ3v) is 5.37. The Hall–Kier alpha value is -4.00. The van der Waals surface area contributed by atoms with Crippen LogP contribution < -0.4 is 10.7 Å². The van der Waals surface area contributed by atoms with Crippen LogP contribution >= 0.6 is 0 Å². The van der Waals surface area contributed by atoms with Crippen molar-refractivity contribution in [2.75, 3.05) is 5.32 Å². The topological polar surface area (TPSA) is 105 Å². The molecule has 0 radical (unpaired) electrons. The van der Waals surface area contributed by atoms with E-state index in [9.17, 15) is 14.7 Å². The van der Waals surface area contributed by atoms with E-state index in [0.29, 0.717) is 39.4 Å². The van der Waals surface area contributed by atoms with Gasteiger partial charge in [-0.25, -0.2) is 9.78 Å². The summed E-state index contributed by atoms with van der Waals surface area (Å²) in [6.07, 6.45) is 1.65. The van der Waals surface area contributed by atoms with Crippen molar-refractivity contribution in [3.63, 3.8) is 0 Å². The highest BCUT2D eigenvalue weighted by Gasteiger charge is 2.21. The lowest BCUT2D eigenvalue weighted by molar-refractivity contribution is 0.0691. The Balaban J connectivity index is 1.88. The number of pyridine rings is 2. The summed E-state index contributed by atoms with van der Waals surface area (Å²) in [5, 5.41) is 13.3. The van der Waals surface area contributed by atoms with E-state index in [1.165, 1.54) is 0 Å². The smallest absolute Gasteiger partial charge is 0.356 e. The van der Waals surface area contributed by atoms with Gasteiger partial charge in [-0.2, -0.15) is 0 Å². The predicted molar refractivity (Wildman–Crippen MR) is 123 cm³/mol. The molecule has 4 aromatic rings. The van der Waals surface area contributed by atoms with Crippen LogP contribution in [0.5, 0.6) is 0 Å². The van der Waals surface area contributed by atoms with Crippen LogP contribution in [0.4, 0.5) is 5.69 Å². The Morgan fingerprint density at radius 3 is 2.59 bits per heavy atom. The molecule has 0 saturated heterocycles. The van der Waals surface area contributed by atoms with Gasteiger partial charge in [0.25, 0.3) is 0 Å². The van der Waals surface area contributed by atoms with Crippen molar-refractivity contribution in [1.82, 2.24) is 9.97 Å². The minimum Gasteiger partial charge on any atom is -0.476 e. The first-order chi connectivity index (χ1) is 15.3. The summed E-state index contributed by atoms with van der Waals surface area (Å²) in [5.74, 6) is -0.694. The Kier molecular flexibility index (Phi) is 5.48. The maximum Gasteiger partial charge on any atom is 0.356 e. The maximum atomic E-state index is 13.2. The van der Waals surface area contributed by atoms with E-state index in [4.69, 9.17) is 4.42 Å². The number of rotatable bonds is 5.